The van der Waals surface area contributed by atoms with Crippen LogP contribution in [0.5, 0.6) is 0 Å². The molecule has 0 aromatic carbocycles. The first-order valence-electron chi connectivity index (χ1n) is 11.6. The summed E-state index contributed by atoms with van der Waals surface area (Å²) in [7, 11) is 0. The van der Waals surface area contributed by atoms with E-state index in [0.29, 0.717) is 17.9 Å². The molecule has 2 atom stereocenters. The lowest BCUT2D eigenvalue weighted by atomic mass is 10.1. The van der Waals surface area contributed by atoms with Crippen LogP contribution in [-0.4, -0.2) is 37.5 Å². The van der Waals surface area contributed by atoms with E-state index in [-0.39, 0.29) is 0 Å². The summed E-state index contributed by atoms with van der Waals surface area (Å²) in [6.45, 7) is 5.02. The smallest absolute Gasteiger partial charge is 0.224 e. The van der Waals surface area contributed by atoms with Crippen LogP contribution < -0.4 is 10.6 Å². The van der Waals surface area contributed by atoms with Crippen LogP contribution in [0.15, 0.2) is 23.8 Å². The Morgan fingerprint density at radius 3 is 2.70 bits per heavy atom. The van der Waals surface area contributed by atoms with E-state index in [2.05, 4.69) is 32.9 Å². The zero-order chi connectivity index (χ0) is 22.4. The Hall–Kier alpha value is -2.65. The minimum absolute atomic E-state index is 0.362. The molecule has 2 N–H and O–H groups in total. The average molecular weight is 478 g/mol. The molecular weight excluding hydrogens is 450 g/mol. The van der Waals surface area contributed by atoms with Crippen LogP contribution in [-0.2, 0) is 0 Å². The molecule has 2 aliphatic rings. The van der Waals surface area contributed by atoms with E-state index >= 15 is 0 Å². The van der Waals surface area contributed by atoms with E-state index in [1.165, 1.54) is 17.8 Å². The molecule has 0 saturated heterocycles. The first kappa shape index (κ1) is 20.9. The van der Waals surface area contributed by atoms with Crippen molar-refractivity contribution in [2.75, 3.05) is 17.2 Å². The van der Waals surface area contributed by atoms with E-state index in [1.54, 1.807) is 22.7 Å². The van der Waals surface area contributed by atoms with Gasteiger partial charge >= 0.3 is 0 Å². The number of thiazole rings is 2. The average Bonchev–Trinajstić information content (AvgIpc) is 3.19. The molecule has 0 spiro atoms. The Kier molecular flexibility index (Phi) is 5.46. The summed E-state index contributed by atoms with van der Waals surface area (Å²) in [6, 6.07) is 2.40. The van der Waals surface area contributed by atoms with Gasteiger partial charge in [-0.1, -0.05) is 0 Å². The largest absolute Gasteiger partial charge is 0.367 e. The van der Waals surface area contributed by atoms with Gasteiger partial charge in [0.2, 0.25) is 5.95 Å². The third-order valence-electron chi connectivity index (χ3n) is 6.61. The van der Waals surface area contributed by atoms with Gasteiger partial charge < -0.3 is 10.6 Å². The third kappa shape index (κ3) is 4.31. The summed E-state index contributed by atoms with van der Waals surface area (Å²) >= 11 is 3.45. The van der Waals surface area contributed by atoms with E-state index < -0.39 is 0 Å². The quantitative estimate of drug-likeness (QED) is 0.348. The topological polar surface area (TPSA) is 88.5 Å². The Bertz CT molecular complexity index is 1280. The first-order chi connectivity index (χ1) is 16.1. The van der Waals surface area contributed by atoms with Gasteiger partial charge in [-0.15, -0.1) is 22.7 Å². The second kappa shape index (κ2) is 8.61. The standard InChI is InChI=1S/C24H27N7S2/c1-13-19(23-30-20-14(2)25-8-7-18(20)33-23)21(31-24(28-13)27-12-15-3-4-15)29-17-6-5-16(11-17)22-26-9-10-32-22/h7-10,15-17H,3-6,11-12H2,1-2H3,(H2,27,28,29,31)/t16-,17+/m1/s1. The van der Waals surface area contributed by atoms with Crippen LogP contribution in [0.2, 0.25) is 0 Å². The molecule has 0 unspecified atom stereocenters. The number of nitrogens with zero attached hydrogens (tertiary/aromatic N) is 5. The summed E-state index contributed by atoms with van der Waals surface area (Å²) < 4.78 is 1.14. The summed E-state index contributed by atoms with van der Waals surface area (Å²) in [4.78, 5) is 23.7. The molecule has 33 heavy (non-hydrogen) atoms. The maximum atomic E-state index is 4.96. The van der Waals surface area contributed by atoms with Crippen LogP contribution in [0, 0.1) is 19.8 Å². The molecule has 0 radical (unpaired) electrons. The Morgan fingerprint density at radius 1 is 1.00 bits per heavy atom. The number of aryl methyl sites for hydroxylation is 2. The van der Waals surface area contributed by atoms with Crippen molar-refractivity contribution in [3.05, 3.63) is 40.2 Å². The van der Waals surface area contributed by atoms with Crippen LogP contribution in [0.1, 0.15) is 54.4 Å². The molecule has 0 bridgehead atoms. The molecule has 4 aromatic rings. The molecule has 4 aromatic heterocycles. The fourth-order valence-electron chi connectivity index (χ4n) is 4.63. The third-order valence-corrected chi connectivity index (χ3v) is 8.59. The highest BCUT2D eigenvalue weighted by molar-refractivity contribution is 7.21. The summed E-state index contributed by atoms with van der Waals surface area (Å²) in [5, 5.41) is 11.5. The number of anilines is 2. The van der Waals surface area contributed by atoms with Gasteiger partial charge in [0, 0.05) is 36.3 Å². The number of nitrogens with one attached hydrogen (secondary N) is 2. The van der Waals surface area contributed by atoms with Crippen molar-refractivity contribution >= 4 is 44.7 Å². The number of pyridine rings is 1. The van der Waals surface area contributed by atoms with Crippen molar-refractivity contribution in [3.63, 3.8) is 0 Å². The molecule has 2 saturated carbocycles. The van der Waals surface area contributed by atoms with Gasteiger partial charge in [-0.05, 0) is 57.9 Å². The highest BCUT2D eigenvalue weighted by atomic mass is 32.1. The monoisotopic (exact) mass is 477 g/mol. The van der Waals surface area contributed by atoms with Gasteiger partial charge in [0.15, 0.2) is 0 Å². The van der Waals surface area contributed by atoms with Gasteiger partial charge in [-0.3, -0.25) is 4.98 Å². The van der Waals surface area contributed by atoms with E-state index in [1.807, 2.05) is 25.4 Å². The number of fused-ring (bicyclic) bond motifs is 1. The van der Waals surface area contributed by atoms with E-state index in [9.17, 15) is 0 Å². The van der Waals surface area contributed by atoms with Crippen molar-refractivity contribution in [1.29, 1.82) is 0 Å². The summed E-state index contributed by atoms with van der Waals surface area (Å²) in [6.07, 6.45) is 9.70. The molecule has 7 nitrogen and oxygen atoms in total. The van der Waals surface area contributed by atoms with E-state index in [4.69, 9.17) is 15.0 Å². The minimum Gasteiger partial charge on any atom is -0.367 e. The summed E-state index contributed by atoms with van der Waals surface area (Å²) in [5.74, 6) is 2.88. The zero-order valence-electron chi connectivity index (χ0n) is 18.8. The van der Waals surface area contributed by atoms with E-state index in [0.717, 1.165) is 69.7 Å². The SMILES string of the molecule is Cc1nc(NCC2CC2)nc(N[C@H]2CC[C@@H](c3nccs3)C2)c1-c1nc2c(C)nccc2s1. The minimum atomic E-state index is 0.362. The van der Waals surface area contributed by atoms with Crippen LogP contribution >= 0.6 is 22.7 Å². The van der Waals surface area contributed by atoms with Gasteiger partial charge in [-0.2, -0.15) is 4.98 Å². The lowest BCUT2D eigenvalue weighted by Gasteiger charge is -2.18. The second-order valence-electron chi connectivity index (χ2n) is 9.16. The fraction of sp³-hybridized carbons (Fsp3) is 0.458. The summed E-state index contributed by atoms with van der Waals surface area (Å²) in [5.41, 5.74) is 3.87. The Morgan fingerprint density at radius 2 is 1.91 bits per heavy atom. The van der Waals surface area contributed by atoms with Crippen molar-refractivity contribution in [2.24, 2.45) is 5.92 Å². The van der Waals surface area contributed by atoms with Gasteiger partial charge in [0.1, 0.15) is 16.3 Å². The van der Waals surface area contributed by atoms with Gasteiger partial charge in [0.05, 0.1) is 26.7 Å². The first-order valence-corrected chi connectivity index (χ1v) is 13.3. The fourth-order valence-corrected chi connectivity index (χ4v) is 6.53. The molecule has 0 aliphatic heterocycles. The lowest BCUT2D eigenvalue weighted by molar-refractivity contribution is 0.695. The van der Waals surface area contributed by atoms with Crippen LogP contribution in [0.4, 0.5) is 11.8 Å². The van der Waals surface area contributed by atoms with Crippen molar-refractivity contribution in [2.45, 2.75) is 57.9 Å². The molecular formula is C24H27N7S2. The molecule has 4 heterocycles. The number of aromatic nitrogens is 5. The van der Waals surface area contributed by atoms with Gasteiger partial charge in [0.25, 0.3) is 0 Å². The number of hydrogen-bond donors (Lipinski definition) is 2. The van der Waals surface area contributed by atoms with Gasteiger partial charge in [-0.25, -0.2) is 15.0 Å². The van der Waals surface area contributed by atoms with Crippen molar-refractivity contribution < 1.29 is 0 Å². The molecule has 2 aliphatic carbocycles. The second-order valence-corrected chi connectivity index (χ2v) is 11.1. The maximum absolute atomic E-state index is 4.96. The predicted molar refractivity (Wildman–Crippen MR) is 135 cm³/mol. The molecule has 9 heteroatoms. The Labute approximate surface area is 201 Å². The molecule has 2 fully saturated rings. The lowest BCUT2D eigenvalue weighted by Crippen LogP contribution is -2.19. The predicted octanol–water partition coefficient (Wildman–Crippen LogP) is 5.79. The van der Waals surface area contributed by atoms with Crippen LogP contribution in [0.3, 0.4) is 0 Å². The van der Waals surface area contributed by atoms with Crippen LogP contribution in [0.25, 0.3) is 20.8 Å². The number of hydrogen-bond acceptors (Lipinski definition) is 9. The molecule has 6 rings (SSSR count). The normalized spacial score (nSPS) is 20.4. The molecule has 170 valence electrons. The highest BCUT2D eigenvalue weighted by Gasteiger charge is 2.29. The van der Waals surface area contributed by atoms with Crippen molar-refractivity contribution in [3.8, 4) is 10.6 Å². The van der Waals surface area contributed by atoms with Crippen molar-refractivity contribution in [1.82, 2.24) is 24.9 Å². The zero-order valence-corrected chi connectivity index (χ0v) is 20.5. The molecule has 0 amide bonds. The number of rotatable bonds is 7. The maximum Gasteiger partial charge on any atom is 0.224 e. The highest BCUT2D eigenvalue weighted by Crippen LogP contribution is 2.40. The Balaban J connectivity index is 1.34.